The number of carbonyl (C=O) groups excluding carboxylic acids is 1. The number of aromatic nitrogens is 2. The number of para-hydroxylation sites is 2. The zero-order valence-corrected chi connectivity index (χ0v) is 15.1. The van der Waals surface area contributed by atoms with E-state index in [1.165, 1.54) is 0 Å². The number of methoxy groups -OCH3 is 1. The summed E-state index contributed by atoms with van der Waals surface area (Å²) in [5.41, 5.74) is 2.95. The smallest absolute Gasteiger partial charge is 0.240 e. The zero-order valence-electron chi connectivity index (χ0n) is 15.1. The summed E-state index contributed by atoms with van der Waals surface area (Å²) in [5.74, 6) is 0.616. The average Bonchev–Trinajstić information content (AvgIpc) is 2.98. The van der Waals surface area contributed by atoms with Crippen molar-refractivity contribution in [1.82, 2.24) is 14.9 Å². The van der Waals surface area contributed by atoms with E-state index >= 15 is 0 Å². The SMILES string of the molecule is COC[C@@H](C)NC(=O)Cn1c(NCc2ccccc2)nc2ccccc21. The molecule has 0 spiro atoms. The minimum Gasteiger partial charge on any atom is -0.383 e. The minimum absolute atomic E-state index is 0.0389. The van der Waals surface area contributed by atoms with Gasteiger partial charge in [-0.2, -0.15) is 0 Å². The van der Waals surface area contributed by atoms with Gasteiger partial charge in [0.1, 0.15) is 6.54 Å². The molecule has 0 fully saturated rings. The third kappa shape index (κ3) is 4.40. The van der Waals surface area contributed by atoms with E-state index in [9.17, 15) is 4.79 Å². The van der Waals surface area contributed by atoms with Gasteiger partial charge in [0, 0.05) is 19.7 Å². The van der Waals surface area contributed by atoms with E-state index in [1.807, 2.05) is 54.0 Å². The number of imidazole rings is 1. The number of hydrogen-bond acceptors (Lipinski definition) is 4. The normalized spacial score (nSPS) is 12.1. The monoisotopic (exact) mass is 352 g/mol. The van der Waals surface area contributed by atoms with E-state index in [0.29, 0.717) is 19.1 Å². The van der Waals surface area contributed by atoms with E-state index < -0.39 is 0 Å². The summed E-state index contributed by atoms with van der Waals surface area (Å²) < 4.78 is 6.98. The van der Waals surface area contributed by atoms with Crippen LogP contribution in [0.3, 0.4) is 0 Å². The Morgan fingerprint density at radius 1 is 1.15 bits per heavy atom. The van der Waals surface area contributed by atoms with Crippen molar-refractivity contribution < 1.29 is 9.53 Å². The molecule has 0 saturated carbocycles. The topological polar surface area (TPSA) is 68.2 Å². The molecule has 6 heteroatoms. The standard InChI is InChI=1S/C20H24N4O2/c1-15(14-26-2)22-19(25)13-24-18-11-7-6-10-17(18)23-20(24)21-12-16-8-4-3-5-9-16/h3-11,15H,12-14H2,1-2H3,(H,21,23)(H,22,25)/t15-/m1/s1. The highest BCUT2D eigenvalue weighted by Gasteiger charge is 2.14. The number of benzene rings is 2. The van der Waals surface area contributed by atoms with E-state index in [4.69, 9.17) is 4.74 Å². The summed E-state index contributed by atoms with van der Waals surface area (Å²) in [6.45, 7) is 3.25. The zero-order chi connectivity index (χ0) is 18.4. The molecule has 0 aliphatic rings. The van der Waals surface area contributed by atoms with Gasteiger partial charge in [-0.1, -0.05) is 42.5 Å². The molecule has 2 aromatic carbocycles. The molecule has 1 atom stereocenters. The number of nitrogens with zero attached hydrogens (tertiary/aromatic N) is 2. The van der Waals surface area contributed by atoms with Gasteiger partial charge in [0.15, 0.2) is 0 Å². The molecule has 0 saturated heterocycles. The summed E-state index contributed by atoms with van der Waals surface area (Å²) in [4.78, 5) is 17.1. The van der Waals surface area contributed by atoms with Gasteiger partial charge in [0.05, 0.1) is 17.6 Å². The number of nitrogens with one attached hydrogen (secondary N) is 2. The number of carbonyl (C=O) groups is 1. The molecular weight excluding hydrogens is 328 g/mol. The van der Waals surface area contributed by atoms with Crippen molar-refractivity contribution in [3.05, 3.63) is 60.2 Å². The number of fused-ring (bicyclic) bond motifs is 1. The van der Waals surface area contributed by atoms with Crippen LogP contribution in [0.4, 0.5) is 5.95 Å². The third-order valence-corrected chi connectivity index (χ3v) is 4.07. The molecule has 1 aromatic heterocycles. The summed E-state index contributed by atoms with van der Waals surface area (Å²) in [5, 5.41) is 6.29. The van der Waals surface area contributed by atoms with Crippen LogP contribution in [0.25, 0.3) is 11.0 Å². The first-order valence-electron chi connectivity index (χ1n) is 8.68. The van der Waals surface area contributed by atoms with E-state index in [1.54, 1.807) is 7.11 Å². The first-order valence-corrected chi connectivity index (χ1v) is 8.68. The molecule has 0 unspecified atom stereocenters. The quantitative estimate of drug-likeness (QED) is 0.654. The minimum atomic E-state index is -0.0690. The molecule has 3 aromatic rings. The summed E-state index contributed by atoms with van der Waals surface area (Å²) in [6, 6.07) is 17.9. The molecule has 26 heavy (non-hydrogen) atoms. The van der Waals surface area contributed by atoms with Crippen LogP contribution in [0.2, 0.25) is 0 Å². The van der Waals surface area contributed by atoms with Crippen molar-refractivity contribution in [2.24, 2.45) is 0 Å². The Balaban J connectivity index is 1.79. The van der Waals surface area contributed by atoms with Crippen LogP contribution in [0.5, 0.6) is 0 Å². The van der Waals surface area contributed by atoms with Gasteiger partial charge < -0.3 is 19.9 Å². The fourth-order valence-electron chi connectivity index (χ4n) is 2.90. The lowest BCUT2D eigenvalue weighted by Gasteiger charge is -2.15. The maximum Gasteiger partial charge on any atom is 0.240 e. The second-order valence-corrected chi connectivity index (χ2v) is 6.27. The molecule has 0 aliphatic carbocycles. The molecule has 0 bridgehead atoms. The van der Waals surface area contributed by atoms with Gasteiger partial charge in [-0.25, -0.2) is 4.98 Å². The molecule has 1 heterocycles. The first kappa shape index (κ1) is 17.9. The summed E-state index contributed by atoms with van der Waals surface area (Å²) in [6.07, 6.45) is 0. The Hall–Kier alpha value is -2.86. The predicted molar refractivity (Wildman–Crippen MR) is 103 cm³/mol. The molecule has 0 radical (unpaired) electrons. The number of amides is 1. The Morgan fingerprint density at radius 2 is 1.88 bits per heavy atom. The third-order valence-electron chi connectivity index (χ3n) is 4.07. The molecule has 0 aliphatic heterocycles. The van der Waals surface area contributed by atoms with Gasteiger partial charge >= 0.3 is 0 Å². The molecule has 6 nitrogen and oxygen atoms in total. The van der Waals surface area contributed by atoms with Crippen molar-refractivity contribution in [3.63, 3.8) is 0 Å². The van der Waals surface area contributed by atoms with E-state index in [-0.39, 0.29) is 18.5 Å². The number of anilines is 1. The second kappa shape index (κ2) is 8.49. The Morgan fingerprint density at radius 3 is 2.65 bits per heavy atom. The molecule has 3 rings (SSSR count). The van der Waals surface area contributed by atoms with Crippen LogP contribution in [-0.4, -0.2) is 35.2 Å². The molecule has 136 valence electrons. The van der Waals surface area contributed by atoms with Crippen molar-refractivity contribution in [2.45, 2.75) is 26.1 Å². The van der Waals surface area contributed by atoms with Crippen molar-refractivity contribution in [2.75, 3.05) is 19.0 Å². The lowest BCUT2D eigenvalue weighted by atomic mass is 10.2. The second-order valence-electron chi connectivity index (χ2n) is 6.27. The molecule has 2 N–H and O–H groups in total. The average molecular weight is 352 g/mol. The Labute approximate surface area is 153 Å². The van der Waals surface area contributed by atoms with Gasteiger partial charge in [0.2, 0.25) is 11.9 Å². The van der Waals surface area contributed by atoms with E-state index in [2.05, 4.69) is 27.8 Å². The molecule has 1 amide bonds. The van der Waals surface area contributed by atoms with Gasteiger partial charge in [-0.3, -0.25) is 4.79 Å². The lowest BCUT2D eigenvalue weighted by molar-refractivity contribution is -0.122. The van der Waals surface area contributed by atoms with Crippen molar-refractivity contribution in [1.29, 1.82) is 0 Å². The number of ether oxygens (including phenoxy) is 1. The Kier molecular flexibility index (Phi) is 5.86. The van der Waals surface area contributed by atoms with Gasteiger partial charge in [-0.05, 0) is 24.6 Å². The summed E-state index contributed by atoms with van der Waals surface area (Å²) in [7, 11) is 1.62. The first-order chi connectivity index (χ1) is 12.7. The van der Waals surface area contributed by atoms with Gasteiger partial charge in [0.25, 0.3) is 0 Å². The van der Waals surface area contributed by atoms with Crippen molar-refractivity contribution in [3.8, 4) is 0 Å². The maximum absolute atomic E-state index is 12.4. The highest BCUT2D eigenvalue weighted by Crippen LogP contribution is 2.20. The fraction of sp³-hybridized carbons (Fsp3) is 0.300. The van der Waals surface area contributed by atoms with Crippen LogP contribution in [0.1, 0.15) is 12.5 Å². The van der Waals surface area contributed by atoms with E-state index in [0.717, 1.165) is 16.6 Å². The molecular formula is C20H24N4O2. The summed E-state index contributed by atoms with van der Waals surface area (Å²) >= 11 is 0. The maximum atomic E-state index is 12.4. The van der Waals surface area contributed by atoms with Crippen LogP contribution in [-0.2, 0) is 22.6 Å². The van der Waals surface area contributed by atoms with Crippen molar-refractivity contribution >= 4 is 22.9 Å². The highest BCUT2D eigenvalue weighted by atomic mass is 16.5. The predicted octanol–water partition coefficient (Wildman–Crippen LogP) is 2.80. The van der Waals surface area contributed by atoms with Crippen LogP contribution in [0.15, 0.2) is 54.6 Å². The van der Waals surface area contributed by atoms with Crippen LogP contribution < -0.4 is 10.6 Å². The van der Waals surface area contributed by atoms with Gasteiger partial charge in [-0.15, -0.1) is 0 Å². The fourth-order valence-corrected chi connectivity index (χ4v) is 2.90. The Bertz CT molecular complexity index is 861. The highest BCUT2D eigenvalue weighted by molar-refractivity contribution is 5.83. The van der Waals surface area contributed by atoms with Crippen LogP contribution in [0, 0.1) is 0 Å². The number of rotatable bonds is 8. The largest absolute Gasteiger partial charge is 0.383 e. The lowest BCUT2D eigenvalue weighted by Crippen LogP contribution is -2.37. The van der Waals surface area contributed by atoms with Crippen LogP contribution >= 0.6 is 0 Å². The number of hydrogen-bond donors (Lipinski definition) is 2.